The molecule has 0 atom stereocenters. The number of rotatable bonds is 3. The molecule has 1 saturated carbocycles. The van der Waals surface area contributed by atoms with Gasteiger partial charge in [-0.3, -0.25) is 0 Å². The summed E-state index contributed by atoms with van der Waals surface area (Å²) in [4.78, 5) is 4.42. The molecule has 0 aliphatic heterocycles. The molecule has 4 heterocycles. The van der Waals surface area contributed by atoms with Gasteiger partial charge in [-0.15, -0.1) is 10.2 Å². The molecule has 0 spiro atoms. The minimum Gasteiger partial charge on any atom is -0.416 e. The van der Waals surface area contributed by atoms with E-state index in [9.17, 15) is 0 Å². The lowest BCUT2D eigenvalue weighted by Crippen LogP contribution is -1.93. The van der Waals surface area contributed by atoms with Gasteiger partial charge in [-0.25, -0.2) is 4.98 Å². The highest BCUT2D eigenvalue weighted by atomic mass is 16.5. The highest BCUT2D eigenvalue weighted by Crippen LogP contribution is 2.38. The van der Waals surface area contributed by atoms with Gasteiger partial charge in [0.1, 0.15) is 0 Å². The number of aryl methyl sites for hydroxylation is 1. The van der Waals surface area contributed by atoms with Crippen molar-refractivity contribution in [2.24, 2.45) is 7.05 Å². The fraction of sp³-hybridized carbons (Fsp3) is 0.273. The Balaban J connectivity index is 1.42. The summed E-state index contributed by atoms with van der Waals surface area (Å²) in [6.45, 7) is 0. The lowest BCUT2D eigenvalue weighted by atomic mass is 10.0. The van der Waals surface area contributed by atoms with Crippen molar-refractivity contribution in [1.82, 2.24) is 24.9 Å². The Bertz CT molecular complexity index is 1340. The molecule has 4 aromatic heterocycles. The second kappa shape index (κ2) is 6.27. The smallest absolute Gasteiger partial charge is 0.257 e. The average molecular weight is 385 g/mol. The molecule has 1 aliphatic carbocycles. The predicted octanol–water partition coefficient (Wildman–Crippen LogP) is 5.09. The Morgan fingerprint density at radius 3 is 2.76 bits per heavy atom. The van der Waals surface area contributed by atoms with E-state index in [0.29, 0.717) is 23.4 Å². The molecule has 1 aromatic carbocycles. The van der Waals surface area contributed by atoms with E-state index in [0.717, 1.165) is 46.0 Å². The van der Waals surface area contributed by atoms with Gasteiger partial charge in [0.2, 0.25) is 11.8 Å². The molecule has 1 fully saturated rings. The van der Waals surface area contributed by atoms with E-state index in [1.165, 1.54) is 12.8 Å². The van der Waals surface area contributed by atoms with E-state index in [2.05, 4.69) is 37.0 Å². The predicted molar refractivity (Wildman–Crippen MR) is 108 cm³/mol. The van der Waals surface area contributed by atoms with Gasteiger partial charge in [-0.05, 0) is 25.0 Å². The number of hydrogen-bond donors (Lipinski definition) is 0. The maximum absolute atomic E-state index is 6.04. The van der Waals surface area contributed by atoms with E-state index in [-0.39, 0.29) is 0 Å². The minimum atomic E-state index is 0.445. The molecular weight excluding hydrogens is 366 g/mol. The topological polar surface area (TPSA) is 82.8 Å². The number of nitrogens with zero attached hydrogens (tertiary/aromatic N) is 5. The summed E-state index contributed by atoms with van der Waals surface area (Å²) >= 11 is 0. The number of benzene rings is 1. The molecule has 7 heteroatoms. The third-order valence-electron chi connectivity index (χ3n) is 5.90. The molecule has 0 amide bonds. The highest BCUT2D eigenvalue weighted by molar-refractivity contribution is 5.94. The fourth-order valence-corrected chi connectivity index (χ4v) is 4.42. The fourth-order valence-electron chi connectivity index (χ4n) is 4.42. The van der Waals surface area contributed by atoms with Crippen LogP contribution in [0.25, 0.3) is 44.9 Å². The molecule has 29 heavy (non-hydrogen) atoms. The first-order valence-electron chi connectivity index (χ1n) is 9.91. The van der Waals surface area contributed by atoms with E-state index in [1.54, 1.807) is 6.20 Å². The summed E-state index contributed by atoms with van der Waals surface area (Å²) in [5.41, 5.74) is 4.38. The standard InChI is InChI=1S/C22H19N5O2/c1-27-12-17(15-8-4-5-9-18(15)27)22-25-24-20(28-22)14-10-16-19(13-6-2-3-7-13)26-29-21(16)23-11-14/h4-5,8-13H,2-3,6-7H2,1H3. The van der Waals surface area contributed by atoms with Crippen molar-refractivity contribution in [3.63, 3.8) is 0 Å². The molecule has 144 valence electrons. The first kappa shape index (κ1) is 16.5. The average Bonchev–Trinajstić information content (AvgIpc) is 3.53. The van der Waals surface area contributed by atoms with Crippen LogP contribution in [0.15, 0.2) is 51.7 Å². The Labute approximate surface area is 166 Å². The van der Waals surface area contributed by atoms with Crippen molar-refractivity contribution in [3.8, 4) is 22.9 Å². The van der Waals surface area contributed by atoms with E-state index in [4.69, 9.17) is 8.94 Å². The molecule has 1 aliphatic rings. The minimum absolute atomic E-state index is 0.445. The van der Waals surface area contributed by atoms with Gasteiger partial charge in [0.15, 0.2) is 0 Å². The summed E-state index contributed by atoms with van der Waals surface area (Å²) < 4.78 is 13.6. The third-order valence-corrected chi connectivity index (χ3v) is 5.90. The monoisotopic (exact) mass is 385 g/mol. The van der Waals surface area contributed by atoms with Crippen molar-refractivity contribution >= 4 is 22.0 Å². The maximum atomic E-state index is 6.04. The third kappa shape index (κ3) is 2.57. The summed E-state index contributed by atoms with van der Waals surface area (Å²) in [6, 6.07) is 10.2. The number of hydrogen-bond acceptors (Lipinski definition) is 6. The van der Waals surface area contributed by atoms with Gasteiger partial charge in [0.25, 0.3) is 5.71 Å². The van der Waals surface area contributed by atoms with Crippen LogP contribution in [0.5, 0.6) is 0 Å². The number of pyridine rings is 1. The van der Waals surface area contributed by atoms with Crippen molar-refractivity contribution < 1.29 is 8.94 Å². The Kier molecular flexibility index (Phi) is 3.56. The summed E-state index contributed by atoms with van der Waals surface area (Å²) in [7, 11) is 2.01. The molecule has 0 saturated heterocycles. The normalized spacial score (nSPS) is 15.1. The van der Waals surface area contributed by atoms with Gasteiger partial charge in [0.05, 0.1) is 22.2 Å². The van der Waals surface area contributed by atoms with Crippen LogP contribution >= 0.6 is 0 Å². The summed E-state index contributed by atoms with van der Waals surface area (Å²) in [6.07, 6.45) is 8.50. The van der Waals surface area contributed by atoms with Gasteiger partial charge in [-0.1, -0.05) is 36.2 Å². The van der Waals surface area contributed by atoms with E-state index >= 15 is 0 Å². The maximum Gasteiger partial charge on any atom is 0.257 e. The Morgan fingerprint density at radius 1 is 1.03 bits per heavy atom. The van der Waals surface area contributed by atoms with Crippen molar-refractivity contribution in [1.29, 1.82) is 0 Å². The number of para-hydroxylation sites is 1. The largest absolute Gasteiger partial charge is 0.416 e. The molecule has 0 bridgehead atoms. The first-order chi connectivity index (χ1) is 14.3. The molecule has 0 unspecified atom stereocenters. The Hall–Kier alpha value is -3.48. The number of aromatic nitrogens is 5. The Morgan fingerprint density at radius 2 is 1.86 bits per heavy atom. The molecular formula is C22H19N5O2. The molecule has 6 rings (SSSR count). The quantitative estimate of drug-likeness (QED) is 0.430. The lowest BCUT2D eigenvalue weighted by molar-refractivity contribution is 0.430. The van der Waals surface area contributed by atoms with Crippen LogP contribution < -0.4 is 0 Å². The zero-order valence-corrected chi connectivity index (χ0v) is 16.0. The van der Waals surface area contributed by atoms with Crippen LogP contribution in [-0.2, 0) is 7.05 Å². The van der Waals surface area contributed by atoms with Crippen LogP contribution in [-0.4, -0.2) is 24.9 Å². The molecule has 0 radical (unpaired) electrons. The summed E-state index contributed by atoms with van der Waals surface area (Å²) in [5.74, 6) is 1.39. The van der Waals surface area contributed by atoms with Crippen LogP contribution in [0.2, 0.25) is 0 Å². The van der Waals surface area contributed by atoms with Gasteiger partial charge in [0, 0.05) is 36.3 Å². The van der Waals surface area contributed by atoms with Gasteiger partial charge >= 0.3 is 0 Å². The number of fused-ring (bicyclic) bond motifs is 2. The highest BCUT2D eigenvalue weighted by Gasteiger charge is 2.24. The van der Waals surface area contributed by atoms with Gasteiger partial charge in [-0.2, -0.15) is 0 Å². The van der Waals surface area contributed by atoms with Crippen LogP contribution in [0.1, 0.15) is 37.3 Å². The molecule has 7 nitrogen and oxygen atoms in total. The first-order valence-corrected chi connectivity index (χ1v) is 9.91. The zero-order valence-electron chi connectivity index (χ0n) is 16.0. The van der Waals surface area contributed by atoms with Crippen LogP contribution in [0.3, 0.4) is 0 Å². The summed E-state index contributed by atoms with van der Waals surface area (Å²) in [5, 5.41) is 14.9. The van der Waals surface area contributed by atoms with Crippen LogP contribution in [0, 0.1) is 0 Å². The van der Waals surface area contributed by atoms with Gasteiger partial charge < -0.3 is 13.5 Å². The van der Waals surface area contributed by atoms with Crippen molar-refractivity contribution in [2.75, 3.05) is 0 Å². The second-order valence-corrected chi connectivity index (χ2v) is 7.71. The van der Waals surface area contributed by atoms with Crippen molar-refractivity contribution in [2.45, 2.75) is 31.6 Å². The van der Waals surface area contributed by atoms with E-state index in [1.807, 2.05) is 31.4 Å². The molecule has 0 N–H and O–H groups in total. The van der Waals surface area contributed by atoms with Crippen LogP contribution in [0.4, 0.5) is 0 Å². The SMILES string of the molecule is Cn1cc(-c2nnc(-c3cnc4onc(C5CCCC5)c4c3)o2)c2ccccc21. The van der Waals surface area contributed by atoms with Crippen molar-refractivity contribution in [3.05, 3.63) is 48.4 Å². The lowest BCUT2D eigenvalue weighted by Gasteiger charge is -2.03. The zero-order chi connectivity index (χ0) is 19.4. The van der Waals surface area contributed by atoms with E-state index < -0.39 is 0 Å². The molecule has 5 aromatic rings. The second-order valence-electron chi connectivity index (χ2n) is 7.71.